The molecule has 4 N–H and O–H groups in total. The molecule has 7 heteroatoms. The highest BCUT2D eigenvalue weighted by Crippen LogP contribution is 1.98. The summed E-state index contributed by atoms with van der Waals surface area (Å²) < 4.78 is 0. The van der Waals surface area contributed by atoms with E-state index in [1.165, 1.54) is 30.3 Å². The molecule has 1 amide bonds. The number of amidine groups is 1. The Morgan fingerprint density at radius 3 is 2.94 bits per heavy atom. The van der Waals surface area contributed by atoms with Crippen LogP contribution in [0.1, 0.15) is 10.4 Å². The van der Waals surface area contributed by atoms with Gasteiger partial charge in [0.1, 0.15) is 0 Å². The summed E-state index contributed by atoms with van der Waals surface area (Å²) in [6, 6.07) is 2.66. The zero-order valence-corrected chi connectivity index (χ0v) is 8.67. The lowest BCUT2D eigenvalue weighted by atomic mass is 10.2. The molecule has 0 unspecified atom stereocenters. The monoisotopic (exact) mass is 224 g/mol. The number of H-pyrrole nitrogens is 1. The van der Waals surface area contributed by atoms with E-state index in [0.29, 0.717) is 0 Å². The largest absolute Gasteiger partial charge is 0.409 e. The maximum atomic E-state index is 11.7. The lowest BCUT2D eigenvalue weighted by Gasteiger charge is -2.15. The SMILES string of the molecule is CN(C/C(N)=N/O)C(=O)c1cc[nH]c(=O)c1. The first kappa shape index (κ1) is 11.8. The van der Waals surface area contributed by atoms with Gasteiger partial charge in [0, 0.05) is 24.9 Å². The zero-order chi connectivity index (χ0) is 12.1. The van der Waals surface area contributed by atoms with E-state index in [1.54, 1.807) is 0 Å². The van der Waals surface area contributed by atoms with E-state index < -0.39 is 0 Å². The third-order valence-corrected chi connectivity index (χ3v) is 1.90. The number of carbonyl (C=O) groups excluding carboxylic acids is 1. The number of nitrogens with one attached hydrogen (secondary N) is 1. The number of aromatic nitrogens is 1. The van der Waals surface area contributed by atoms with Crippen molar-refractivity contribution in [3.05, 3.63) is 34.2 Å². The number of rotatable bonds is 3. The normalized spacial score (nSPS) is 11.2. The molecule has 7 nitrogen and oxygen atoms in total. The third kappa shape index (κ3) is 2.84. The maximum absolute atomic E-state index is 11.7. The molecule has 0 spiro atoms. The van der Waals surface area contributed by atoms with Crippen LogP contribution in [0.5, 0.6) is 0 Å². The van der Waals surface area contributed by atoms with Gasteiger partial charge >= 0.3 is 0 Å². The molecule has 0 saturated heterocycles. The van der Waals surface area contributed by atoms with Crippen LogP contribution in [0.4, 0.5) is 0 Å². The first-order valence-corrected chi connectivity index (χ1v) is 4.45. The van der Waals surface area contributed by atoms with Crippen molar-refractivity contribution in [1.29, 1.82) is 0 Å². The molecule has 0 saturated carbocycles. The van der Waals surface area contributed by atoms with Gasteiger partial charge in [-0.15, -0.1) is 0 Å². The Bertz CT molecular complexity index is 466. The van der Waals surface area contributed by atoms with Crippen LogP contribution in [0, 0.1) is 0 Å². The fourth-order valence-corrected chi connectivity index (χ4v) is 1.14. The minimum absolute atomic E-state index is 0.0118. The number of oxime groups is 1. The van der Waals surface area contributed by atoms with Crippen LogP contribution in [0.15, 0.2) is 28.3 Å². The number of hydrogen-bond donors (Lipinski definition) is 3. The fraction of sp³-hybridized carbons (Fsp3) is 0.222. The summed E-state index contributed by atoms with van der Waals surface area (Å²) in [5.41, 5.74) is 5.15. The predicted molar refractivity (Wildman–Crippen MR) is 57.4 cm³/mol. The molecule has 0 fully saturated rings. The molecule has 0 aliphatic rings. The Morgan fingerprint density at radius 1 is 1.69 bits per heavy atom. The van der Waals surface area contributed by atoms with E-state index in [9.17, 15) is 9.59 Å². The number of nitrogens with zero attached hydrogens (tertiary/aromatic N) is 2. The van der Waals surface area contributed by atoms with Gasteiger partial charge in [0.2, 0.25) is 5.56 Å². The van der Waals surface area contributed by atoms with Crippen molar-refractivity contribution in [2.75, 3.05) is 13.6 Å². The molecular formula is C9H12N4O3. The summed E-state index contributed by atoms with van der Waals surface area (Å²) in [6.45, 7) is -0.0118. The number of aromatic amines is 1. The molecule has 0 aliphatic carbocycles. The van der Waals surface area contributed by atoms with E-state index >= 15 is 0 Å². The van der Waals surface area contributed by atoms with Gasteiger partial charge in [-0.1, -0.05) is 5.16 Å². The van der Waals surface area contributed by atoms with Crippen LogP contribution in [0.25, 0.3) is 0 Å². The van der Waals surface area contributed by atoms with Crippen molar-refractivity contribution < 1.29 is 10.0 Å². The molecule has 1 aromatic rings. The van der Waals surface area contributed by atoms with Crippen LogP contribution < -0.4 is 11.3 Å². The molecule has 86 valence electrons. The van der Waals surface area contributed by atoms with Crippen molar-refractivity contribution in [3.8, 4) is 0 Å². The van der Waals surface area contributed by atoms with E-state index in [1.807, 2.05) is 0 Å². The summed E-state index contributed by atoms with van der Waals surface area (Å²) in [7, 11) is 1.49. The summed E-state index contributed by atoms with van der Waals surface area (Å²) in [4.78, 5) is 26.4. The summed E-state index contributed by atoms with van der Waals surface area (Å²) in [5, 5.41) is 11.1. The lowest BCUT2D eigenvalue weighted by Crippen LogP contribution is -2.35. The second-order valence-electron chi connectivity index (χ2n) is 3.19. The fourth-order valence-electron chi connectivity index (χ4n) is 1.14. The summed E-state index contributed by atoms with van der Waals surface area (Å²) in [5.74, 6) is -0.460. The highest BCUT2D eigenvalue weighted by Gasteiger charge is 2.12. The second kappa shape index (κ2) is 4.96. The van der Waals surface area contributed by atoms with Gasteiger partial charge in [0.25, 0.3) is 5.91 Å². The van der Waals surface area contributed by atoms with Crippen LogP contribution in [0.3, 0.4) is 0 Å². The van der Waals surface area contributed by atoms with E-state index in [2.05, 4.69) is 10.1 Å². The number of pyridine rings is 1. The molecule has 1 rings (SSSR count). The van der Waals surface area contributed by atoms with E-state index in [4.69, 9.17) is 10.9 Å². The average molecular weight is 224 g/mol. The van der Waals surface area contributed by atoms with Crippen molar-refractivity contribution in [1.82, 2.24) is 9.88 Å². The third-order valence-electron chi connectivity index (χ3n) is 1.90. The lowest BCUT2D eigenvalue weighted by molar-refractivity contribution is 0.0813. The topological polar surface area (TPSA) is 112 Å². The molecular weight excluding hydrogens is 212 g/mol. The van der Waals surface area contributed by atoms with E-state index in [0.717, 1.165) is 0 Å². The van der Waals surface area contributed by atoms with E-state index in [-0.39, 0.29) is 29.4 Å². The molecule has 1 heterocycles. The van der Waals surface area contributed by atoms with Gasteiger partial charge in [-0.2, -0.15) is 0 Å². The number of carbonyl (C=O) groups is 1. The van der Waals surface area contributed by atoms with Crippen molar-refractivity contribution in [2.24, 2.45) is 10.9 Å². The second-order valence-corrected chi connectivity index (χ2v) is 3.19. The van der Waals surface area contributed by atoms with Gasteiger partial charge in [0.05, 0.1) is 6.54 Å². The average Bonchev–Trinajstić information content (AvgIpc) is 2.27. The van der Waals surface area contributed by atoms with Gasteiger partial charge in [-0.05, 0) is 6.07 Å². The van der Waals surface area contributed by atoms with Crippen molar-refractivity contribution in [2.45, 2.75) is 0 Å². The smallest absolute Gasteiger partial charge is 0.254 e. The predicted octanol–water partition coefficient (Wildman–Crippen LogP) is -0.807. The molecule has 1 aromatic heterocycles. The molecule has 0 aliphatic heterocycles. The molecule has 0 bridgehead atoms. The Hall–Kier alpha value is -2.31. The van der Waals surface area contributed by atoms with Crippen molar-refractivity contribution in [3.63, 3.8) is 0 Å². The van der Waals surface area contributed by atoms with Gasteiger partial charge in [0.15, 0.2) is 5.84 Å². The maximum Gasteiger partial charge on any atom is 0.254 e. The highest BCUT2D eigenvalue weighted by atomic mass is 16.4. The number of hydrogen-bond acceptors (Lipinski definition) is 4. The van der Waals surface area contributed by atoms with Gasteiger partial charge < -0.3 is 20.8 Å². The molecule has 0 atom stereocenters. The van der Waals surface area contributed by atoms with Crippen LogP contribution in [-0.2, 0) is 0 Å². The van der Waals surface area contributed by atoms with Crippen LogP contribution in [-0.4, -0.2) is 40.4 Å². The molecule has 0 aromatic carbocycles. The number of likely N-dealkylation sites (N-methyl/N-ethyl adjacent to an activating group) is 1. The van der Waals surface area contributed by atoms with Gasteiger partial charge in [-0.3, -0.25) is 9.59 Å². The standard InChI is InChI=1S/C9H12N4O3/c1-13(5-7(10)12-16)9(15)6-2-3-11-8(14)4-6/h2-4,16H,5H2,1H3,(H2,10,12)(H,11,14). The minimum Gasteiger partial charge on any atom is -0.409 e. The zero-order valence-electron chi connectivity index (χ0n) is 8.67. The Labute approximate surface area is 91.2 Å². The molecule has 16 heavy (non-hydrogen) atoms. The number of amides is 1. The minimum atomic E-state index is -0.377. The first-order valence-electron chi connectivity index (χ1n) is 4.45. The molecule has 0 radical (unpaired) electrons. The van der Waals surface area contributed by atoms with Gasteiger partial charge in [-0.25, -0.2) is 0 Å². The Kier molecular flexibility index (Phi) is 3.65. The summed E-state index contributed by atoms with van der Waals surface area (Å²) >= 11 is 0. The van der Waals surface area contributed by atoms with Crippen molar-refractivity contribution >= 4 is 11.7 Å². The summed E-state index contributed by atoms with van der Waals surface area (Å²) in [6.07, 6.45) is 1.38. The number of nitrogens with two attached hydrogens (primary N) is 1. The van der Waals surface area contributed by atoms with Crippen LogP contribution in [0.2, 0.25) is 0 Å². The highest BCUT2D eigenvalue weighted by molar-refractivity contribution is 5.96. The Morgan fingerprint density at radius 2 is 2.38 bits per heavy atom. The Balaban J connectivity index is 2.82. The first-order chi connectivity index (χ1) is 7.54. The van der Waals surface area contributed by atoms with Crippen LogP contribution >= 0.6 is 0 Å². The quantitative estimate of drug-likeness (QED) is 0.270.